The zero-order chi connectivity index (χ0) is 10.7. The van der Waals surface area contributed by atoms with Gasteiger partial charge in [0.05, 0.1) is 12.7 Å². The predicted molar refractivity (Wildman–Crippen MR) is 60.0 cm³/mol. The fraction of sp³-hybridized carbons (Fsp3) is 0.538. The van der Waals surface area contributed by atoms with Crippen molar-refractivity contribution >= 4 is 0 Å². The smallest absolute Gasteiger partial charge is 0.122 e. The highest BCUT2D eigenvalue weighted by molar-refractivity contribution is 5.31. The quantitative estimate of drug-likeness (QED) is 0.802. The molecule has 1 fully saturated rings. The number of aliphatic hydroxyl groups is 1. The van der Waals surface area contributed by atoms with Crippen molar-refractivity contribution in [3.8, 4) is 5.75 Å². The standard InChI is InChI=1S/C13H18O2/c1-10-4-2-3-5-13(10)15-9-8-12(14)11-6-7-11/h2-5,11-12,14H,6-9H2,1H3. The minimum absolute atomic E-state index is 0.158. The van der Waals surface area contributed by atoms with Crippen molar-refractivity contribution in [2.75, 3.05) is 6.61 Å². The molecule has 82 valence electrons. The Balaban J connectivity index is 1.75. The molecule has 1 N–H and O–H groups in total. The second-order valence-corrected chi connectivity index (χ2v) is 4.31. The molecular formula is C13H18O2. The molecule has 0 heterocycles. The lowest BCUT2D eigenvalue weighted by molar-refractivity contribution is 0.119. The summed E-state index contributed by atoms with van der Waals surface area (Å²) < 4.78 is 5.63. The average molecular weight is 206 g/mol. The van der Waals surface area contributed by atoms with Gasteiger partial charge in [0.2, 0.25) is 0 Å². The molecule has 1 aromatic rings. The molecule has 2 nitrogen and oxygen atoms in total. The highest BCUT2D eigenvalue weighted by Gasteiger charge is 2.29. The van der Waals surface area contributed by atoms with Crippen molar-refractivity contribution in [1.82, 2.24) is 0 Å². The second kappa shape index (κ2) is 4.67. The van der Waals surface area contributed by atoms with Crippen LogP contribution in [0.25, 0.3) is 0 Å². The third-order valence-corrected chi connectivity index (χ3v) is 2.93. The molecule has 1 aliphatic carbocycles. The molecule has 0 amide bonds. The third kappa shape index (κ3) is 2.96. The molecule has 0 aromatic heterocycles. The fourth-order valence-corrected chi connectivity index (χ4v) is 1.72. The Morgan fingerprint density at radius 2 is 2.13 bits per heavy atom. The number of ether oxygens (including phenoxy) is 1. The first-order valence-electron chi connectivity index (χ1n) is 5.64. The molecular weight excluding hydrogens is 188 g/mol. The van der Waals surface area contributed by atoms with E-state index in [-0.39, 0.29) is 6.10 Å². The molecule has 1 unspecified atom stereocenters. The summed E-state index contributed by atoms with van der Waals surface area (Å²) in [5.41, 5.74) is 1.15. The Hall–Kier alpha value is -1.02. The highest BCUT2D eigenvalue weighted by Crippen LogP contribution is 2.33. The zero-order valence-electron chi connectivity index (χ0n) is 9.15. The van der Waals surface area contributed by atoms with Crippen LogP contribution in [0, 0.1) is 12.8 Å². The molecule has 15 heavy (non-hydrogen) atoms. The number of hydrogen-bond donors (Lipinski definition) is 1. The van der Waals surface area contributed by atoms with Crippen LogP contribution in [0.1, 0.15) is 24.8 Å². The molecule has 2 heteroatoms. The monoisotopic (exact) mass is 206 g/mol. The lowest BCUT2D eigenvalue weighted by atomic mass is 10.2. The van der Waals surface area contributed by atoms with Gasteiger partial charge >= 0.3 is 0 Å². The fourth-order valence-electron chi connectivity index (χ4n) is 1.72. The number of aliphatic hydroxyl groups excluding tert-OH is 1. The summed E-state index contributed by atoms with van der Waals surface area (Å²) >= 11 is 0. The number of aryl methyl sites for hydroxylation is 1. The molecule has 1 atom stereocenters. The maximum Gasteiger partial charge on any atom is 0.122 e. The normalized spacial score (nSPS) is 17.5. The number of hydrogen-bond acceptors (Lipinski definition) is 2. The number of rotatable bonds is 5. The van der Waals surface area contributed by atoms with Crippen molar-refractivity contribution in [1.29, 1.82) is 0 Å². The van der Waals surface area contributed by atoms with Gasteiger partial charge in [-0.3, -0.25) is 0 Å². The van der Waals surface area contributed by atoms with Gasteiger partial charge in [0.1, 0.15) is 5.75 Å². The Labute approximate surface area is 90.9 Å². The van der Waals surface area contributed by atoms with Crippen molar-refractivity contribution < 1.29 is 9.84 Å². The molecule has 1 saturated carbocycles. The minimum Gasteiger partial charge on any atom is -0.493 e. The molecule has 2 rings (SSSR count). The van der Waals surface area contributed by atoms with Crippen LogP contribution in [-0.2, 0) is 0 Å². The van der Waals surface area contributed by atoms with Gasteiger partial charge in [-0.05, 0) is 37.3 Å². The van der Waals surface area contributed by atoms with Crippen LogP contribution >= 0.6 is 0 Å². The van der Waals surface area contributed by atoms with Crippen LogP contribution in [0.3, 0.4) is 0 Å². The van der Waals surface area contributed by atoms with Crippen molar-refractivity contribution in [2.24, 2.45) is 5.92 Å². The summed E-state index contributed by atoms with van der Waals surface area (Å²) in [5, 5.41) is 9.66. The van der Waals surface area contributed by atoms with Gasteiger partial charge in [0.15, 0.2) is 0 Å². The second-order valence-electron chi connectivity index (χ2n) is 4.31. The maximum absolute atomic E-state index is 9.66. The summed E-state index contributed by atoms with van der Waals surface area (Å²) in [6, 6.07) is 7.98. The topological polar surface area (TPSA) is 29.5 Å². The average Bonchev–Trinajstić information content (AvgIpc) is 3.04. The van der Waals surface area contributed by atoms with Crippen LogP contribution < -0.4 is 4.74 Å². The van der Waals surface area contributed by atoms with E-state index in [1.54, 1.807) is 0 Å². The lowest BCUT2D eigenvalue weighted by Crippen LogP contribution is -2.14. The molecule has 0 radical (unpaired) electrons. The third-order valence-electron chi connectivity index (χ3n) is 2.93. The first kappa shape index (κ1) is 10.5. The lowest BCUT2D eigenvalue weighted by Gasteiger charge is -2.11. The summed E-state index contributed by atoms with van der Waals surface area (Å²) in [5.74, 6) is 1.48. The van der Waals surface area contributed by atoms with E-state index >= 15 is 0 Å². The van der Waals surface area contributed by atoms with Gasteiger partial charge < -0.3 is 9.84 Å². The minimum atomic E-state index is -0.158. The van der Waals surface area contributed by atoms with E-state index < -0.39 is 0 Å². The maximum atomic E-state index is 9.66. The largest absolute Gasteiger partial charge is 0.493 e. The predicted octanol–water partition coefficient (Wildman–Crippen LogP) is 2.53. The van der Waals surface area contributed by atoms with E-state index in [1.165, 1.54) is 12.8 Å². The number of para-hydroxylation sites is 1. The molecule has 0 bridgehead atoms. The van der Waals surface area contributed by atoms with E-state index in [9.17, 15) is 5.11 Å². The van der Waals surface area contributed by atoms with E-state index in [0.717, 1.165) is 17.7 Å². The van der Waals surface area contributed by atoms with Gasteiger partial charge in [-0.1, -0.05) is 18.2 Å². The van der Waals surface area contributed by atoms with Crippen LogP contribution in [0.5, 0.6) is 5.75 Å². The van der Waals surface area contributed by atoms with E-state index in [0.29, 0.717) is 12.5 Å². The van der Waals surface area contributed by atoms with Crippen molar-refractivity contribution in [2.45, 2.75) is 32.3 Å². The first-order valence-corrected chi connectivity index (χ1v) is 5.64. The molecule has 1 aliphatic rings. The van der Waals surface area contributed by atoms with Crippen molar-refractivity contribution in [3.05, 3.63) is 29.8 Å². The van der Waals surface area contributed by atoms with Crippen LogP contribution in [-0.4, -0.2) is 17.8 Å². The molecule has 1 aromatic carbocycles. The van der Waals surface area contributed by atoms with E-state index in [2.05, 4.69) is 0 Å². The number of benzene rings is 1. The highest BCUT2D eigenvalue weighted by atomic mass is 16.5. The van der Waals surface area contributed by atoms with E-state index in [1.807, 2.05) is 31.2 Å². The van der Waals surface area contributed by atoms with Crippen LogP contribution in [0.2, 0.25) is 0 Å². The zero-order valence-corrected chi connectivity index (χ0v) is 9.15. The molecule has 0 spiro atoms. The van der Waals surface area contributed by atoms with Gasteiger partial charge in [-0.25, -0.2) is 0 Å². The van der Waals surface area contributed by atoms with Gasteiger partial charge in [0.25, 0.3) is 0 Å². The molecule has 0 saturated heterocycles. The first-order chi connectivity index (χ1) is 7.27. The molecule has 0 aliphatic heterocycles. The summed E-state index contributed by atoms with van der Waals surface area (Å²) in [6.07, 6.45) is 2.96. The summed E-state index contributed by atoms with van der Waals surface area (Å²) in [7, 11) is 0. The van der Waals surface area contributed by atoms with Gasteiger partial charge in [-0.2, -0.15) is 0 Å². The summed E-state index contributed by atoms with van der Waals surface area (Å²) in [6.45, 7) is 2.65. The van der Waals surface area contributed by atoms with Gasteiger partial charge in [0, 0.05) is 6.42 Å². The van der Waals surface area contributed by atoms with E-state index in [4.69, 9.17) is 4.74 Å². The van der Waals surface area contributed by atoms with Crippen LogP contribution in [0.4, 0.5) is 0 Å². The van der Waals surface area contributed by atoms with Crippen molar-refractivity contribution in [3.63, 3.8) is 0 Å². The summed E-state index contributed by atoms with van der Waals surface area (Å²) in [4.78, 5) is 0. The SMILES string of the molecule is Cc1ccccc1OCCC(O)C1CC1. The Bertz CT molecular complexity index is 318. The Morgan fingerprint density at radius 3 is 2.80 bits per heavy atom. The van der Waals surface area contributed by atoms with Crippen LogP contribution in [0.15, 0.2) is 24.3 Å². The Morgan fingerprint density at radius 1 is 1.40 bits per heavy atom. The van der Waals surface area contributed by atoms with Gasteiger partial charge in [-0.15, -0.1) is 0 Å². The Kier molecular flexibility index (Phi) is 3.27.